The molecule has 8 nitrogen and oxygen atoms in total. The molecule has 152 valence electrons. The second-order valence-electron chi connectivity index (χ2n) is 6.36. The van der Waals surface area contributed by atoms with Crippen molar-refractivity contribution in [3.8, 4) is 0 Å². The molecule has 0 saturated heterocycles. The van der Waals surface area contributed by atoms with Gasteiger partial charge in [-0.1, -0.05) is 13.3 Å². The molecule has 0 aliphatic rings. The van der Waals surface area contributed by atoms with Crippen molar-refractivity contribution in [3.05, 3.63) is 54.1 Å². The molecule has 0 amide bonds. The van der Waals surface area contributed by atoms with Crippen molar-refractivity contribution < 1.29 is 18.1 Å². The number of benzene rings is 2. The van der Waals surface area contributed by atoms with E-state index in [1.807, 2.05) is 12.1 Å². The molecular weight excluding hydrogens is 390 g/mol. The monoisotopic (exact) mass is 414 g/mol. The zero-order valence-electron chi connectivity index (χ0n) is 16.4. The quantitative estimate of drug-likeness (QED) is 0.283. The van der Waals surface area contributed by atoms with E-state index in [4.69, 9.17) is 0 Å². The van der Waals surface area contributed by atoms with Crippen LogP contribution in [0, 0.1) is 0 Å². The molecule has 0 aliphatic heterocycles. The number of nitrogens with one attached hydrogen (secondary N) is 3. The van der Waals surface area contributed by atoms with Gasteiger partial charge in [0.1, 0.15) is 0 Å². The minimum atomic E-state index is -3.79. The summed E-state index contributed by atoms with van der Waals surface area (Å²) in [6.07, 6.45) is 1.95. The van der Waals surface area contributed by atoms with Gasteiger partial charge in [0, 0.05) is 0 Å². The van der Waals surface area contributed by atoms with Crippen LogP contribution in [-0.2, 0) is 21.1 Å². The number of sulfonamides is 1. The van der Waals surface area contributed by atoms with Gasteiger partial charge in [-0.05, 0) is 12.0 Å². The van der Waals surface area contributed by atoms with Gasteiger partial charge < -0.3 is 0 Å². The summed E-state index contributed by atoms with van der Waals surface area (Å²) < 4.78 is 38.6. The Labute approximate surface area is 172 Å². The van der Waals surface area contributed by atoms with E-state index < -0.39 is 17.1 Å². The van der Waals surface area contributed by atoms with Crippen LogP contribution in [0.15, 0.2) is 58.3 Å². The molecule has 0 fully saturated rings. The Kier molecular flexibility index (Phi) is 8.41. The topological polar surface area (TPSA) is 120 Å². The fourth-order valence-corrected chi connectivity index (χ4v) is 3.67. The molecule has 2 aromatic rings. The van der Waals surface area contributed by atoms with Crippen LogP contribution in [0.3, 0.4) is 0 Å². The third-order valence-corrected chi connectivity index (χ3v) is 5.20. The molecule has 2 rings (SSSR count). The van der Waals surface area contributed by atoms with Gasteiger partial charge in [-0.3, -0.25) is 0 Å². The normalized spacial score (nSPS) is 11.5. The molecule has 0 atom stereocenters. The summed E-state index contributed by atoms with van der Waals surface area (Å²) in [4.78, 5) is 3.98. The van der Waals surface area contributed by atoms with Crippen LogP contribution >= 0.6 is 0 Å². The molecule has 0 spiro atoms. The third-order valence-electron chi connectivity index (χ3n) is 3.82. The molecule has 0 saturated carbocycles. The maximum absolute atomic E-state index is 12.7. The van der Waals surface area contributed by atoms with E-state index in [1.54, 1.807) is 24.3 Å². The van der Waals surface area contributed by atoms with Crippen molar-refractivity contribution in [2.24, 2.45) is 4.90 Å². The second-order valence-corrected chi connectivity index (χ2v) is 8.04. The van der Waals surface area contributed by atoms with Gasteiger partial charge in [-0.25, -0.2) is 0 Å². The number of hydrogen-bond donors (Lipinski definition) is 4. The van der Waals surface area contributed by atoms with E-state index in [-0.39, 0.29) is 17.3 Å². The fourth-order valence-electron chi connectivity index (χ4n) is 2.57. The Morgan fingerprint density at radius 3 is 2.52 bits per heavy atom. The Bertz CT molecular complexity index is 951. The van der Waals surface area contributed by atoms with Gasteiger partial charge >= 0.3 is 147 Å². The number of guanidine groups is 1. The first-order chi connectivity index (χ1) is 13.8. The number of nitrogens with zero attached hydrogens (tertiary/aromatic N) is 1. The van der Waals surface area contributed by atoms with Gasteiger partial charge in [-0.15, -0.1) is 0 Å². The summed E-state index contributed by atoms with van der Waals surface area (Å²) in [5, 5.41) is 15.0. The van der Waals surface area contributed by atoms with E-state index in [2.05, 4.69) is 27.2 Å². The van der Waals surface area contributed by atoms with Crippen LogP contribution in [0.1, 0.15) is 18.9 Å². The van der Waals surface area contributed by atoms with Crippen LogP contribution in [0.5, 0.6) is 0 Å². The van der Waals surface area contributed by atoms with Gasteiger partial charge in [0.2, 0.25) is 0 Å². The van der Waals surface area contributed by atoms with Gasteiger partial charge in [0.05, 0.1) is 0 Å². The summed E-state index contributed by atoms with van der Waals surface area (Å²) in [5.41, 5.74) is 2.06. The average molecular weight is 414 g/mol. The van der Waals surface area contributed by atoms with Crippen LogP contribution in [-0.4, -0.2) is 40.0 Å². The van der Waals surface area contributed by atoms with Crippen molar-refractivity contribution in [3.63, 3.8) is 0 Å². The number of rotatable bonds is 9. The van der Waals surface area contributed by atoms with Gasteiger partial charge in [0.25, 0.3) is 0 Å². The summed E-state index contributed by atoms with van der Waals surface area (Å²) in [6.45, 7) is 3.55. The molecule has 29 heavy (non-hydrogen) atoms. The van der Waals surface area contributed by atoms with Crippen molar-refractivity contribution in [2.75, 3.05) is 16.5 Å². The molecule has 4 N–H and O–H groups in total. The third kappa shape index (κ3) is 7.35. The molecular formula is C18H24B2N4O4S. The standard InChI is InChI=1S/C18H24B2N4O4S/c1-3-5-14-8-10-15(11-9-14)24-29(27,28)17-7-4-6-16(12-17)22-18(21-13-19-25)23-20(2)26/h4,6-12,24,26H,3,5,13H2,1-2H3,(H2,21,22,23). The fraction of sp³-hybridized carbons (Fsp3) is 0.278. The van der Waals surface area contributed by atoms with Crippen LogP contribution < -0.4 is 15.4 Å². The van der Waals surface area contributed by atoms with E-state index in [0.717, 1.165) is 18.4 Å². The summed E-state index contributed by atoms with van der Waals surface area (Å²) in [7, 11) is -4.14. The Morgan fingerprint density at radius 1 is 1.17 bits per heavy atom. The molecule has 11 heteroatoms. The molecule has 0 radical (unpaired) electrons. The zero-order valence-corrected chi connectivity index (χ0v) is 17.2. The number of anilines is 2. The number of hydrogen-bond acceptors (Lipinski definition) is 5. The Hall–Kier alpha value is -2.65. The second kappa shape index (κ2) is 10.8. The Morgan fingerprint density at radius 2 is 1.90 bits per heavy atom. The van der Waals surface area contributed by atoms with E-state index >= 15 is 0 Å². The molecule has 0 aromatic heterocycles. The SMILES string of the molecule is CCCc1ccc(NS(=O)(=O)c2cccc(N/C(=N\B(C)O)NCB=O)c2)cc1. The Balaban J connectivity index is 2.18. The molecule has 0 heterocycles. The van der Waals surface area contributed by atoms with Crippen molar-refractivity contribution in [1.82, 2.24) is 5.32 Å². The molecule has 0 bridgehead atoms. The average Bonchev–Trinajstić information content (AvgIpc) is 2.67. The van der Waals surface area contributed by atoms with E-state index in [0.29, 0.717) is 18.5 Å². The first-order valence-corrected chi connectivity index (χ1v) is 10.7. The first kappa shape index (κ1) is 22.6. The zero-order chi connectivity index (χ0) is 21.3. The van der Waals surface area contributed by atoms with Crippen molar-refractivity contribution in [2.45, 2.75) is 31.5 Å². The summed E-state index contributed by atoms with van der Waals surface area (Å²) in [5.74, 6) is 0.154. The first-order valence-electron chi connectivity index (χ1n) is 9.26. The molecule has 2 aromatic carbocycles. The van der Waals surface area contributed by atoms with E-state index in [1.165, 1.54) is 19.0 Å². The van der Waals surface area contributed by atoms with Crippen molar-refractivity contribution in [1.29, 1.82) is 0 Å². The molecule has 0 unspecified atom stereocenters. The van der Waals surface area contributed by atoms with Gasteiger partial charge in [-0.2, -0.15) is 0 Å². The summed E-state index contributed by atoms with van der Waals surface area (Å²) >= 11 is 0. The van der Waals surface area contributed by atoms with Gasteiger partial charge in [0.15, 0.2) is 0 Å². The molecule has 0 aliphatic carbocycles. The predicted octanol–water partition coefficient (Wildman–Crippen LogP) is 1.91. The predicted molar refractivity (Wildman–Crippen MR) is 117 cm³/mol. The number of aryl methyl sites for hydroxylation is 1. The maximum atomic E-state index is 12.7. The van der Waals surface area contributed by atoms with E-state index in [9.17, 15) is 18.1 Å². The van der Waals surface area contributed by atoms with Crippen LogP contribution in [0.4, 0.5) is 11.4 Å². The minimum absolute atomic E-state index is 0.00781. The van der Waals surface area contributed by atoms with Crippen LogP contribution in [0.25, 0.3) is 0 Å². The van der Waals surface area contributed by atoms with Crippen LogP contribution in [0.2, 0.25) is 6.82 Å². The van der Waals surface area contributed by atoms with Crippen molar-refractivity contribution >= 4 is 41.6 Å². The summed E-state index contributed by atoms with van der Waals surface area (Å²) in [6, 6.07) is 13.4.